The zero-order valence-electron chi connectivity index (χ0n) is 12.8. The Kier molecular flexibility index (Phi) is 6.24. The molecule has 1 aliphatic heterocycles. The summed E-state index contributed by atoms with van der Waals surface area (Å²) >= 11 is 3.43. The Balaban J connectivity index is 1.87. The molecule has 0 spiro atoms. The van der Waals surface area contributed by atoms with Gasteiger partial charge in [-0.15, -0.1) is 0 Å². The molecule has 1 aromatic carbocycles. The predicted molar refractivity (Wildman–Crippen MR) is 90.8 cm³/mol. The number of amides is 3. The molecule has 0 saturated carbocycles. The highest BCUT2D eigenvalue weighted by molar-refractivity contribution is 9.10. The van der Waals surface area contributed by atoms with Crippen LogP contribution in [0.5, 0.6) is 0 Å². The van der Waals surface area contributed by atoms with Crippen molar-refractivity contribution in [1.29, 1.82) is 0 Å². The van der Waals surface area contributed by atoms with E-state index in [4.69, 9.17) is 0 Å². The number of anilines is 1. The highest BCUT2D eigenvalue weighted by Crippen LogP contribution is 2.23. The first-order valence-electron chi connectivity index (χ1n) is 7.67. The number of likely N-dealkylation sites (tertiary alicyclic amines) is 1. The minimum absolute atomic E-state index is 0.0646. The number of hydrogen-bond donors (Lipinski definition) is 2. The first kappa shape index (κ1) is 16.8. The van der Waals surface area contributed by atoms with Crippen LogP contribution in [0.1, 0.15) is 26.2 Å². The standard InChI is InChI=1S/C16H22BrN3O2/c1-2-15(21)18-10-12-6-5-9-20(11-12)16(22)19-14-8-4-3-7-13(14)17/h3-4,7-8,12H,2,5-6,9-11H2,1H3,(H,18,21)(H,19,22)/t12-/m1/s1. The number of nitrogens with zero attached hydrogens (tertiary/aromatic N) is 1. The lowest BCUT2D eigenvalue weighted by atomic mass is 9.98. The van der Waals surface area contributed by atoms with E-state index in [9.17, 15) is 9.59 Å². The normalized spacial score (nSPS) is 17.9. The molecule has 1 aromatic rings. The van der Waals surface area contributed by atoms with E-state index in [1.165, 1.54) is 0 Å². The third kappa shape index (κ3) is 4.73. The summed E-state index contributed by atoms with van der Waals surface area (Å²) in [6.07, 6.45) is 2.51. The smallest absolute Gasteiger partial charge is 0.321 e. The van der Waals surface area contributed by atoms with E-state index in [1.54, 1.807) is 0 Å². The number of nitrogens with one attached hydrogen (secondary N) is 2. The van der Waals surface area contributed by atoms with Crippen LogP contribution in [0.2, 0.25) is 0 Å². The van der Waals surface area contributed by atoms with Crippen molar-refractivity contribution in [2.75, 3.05) is 25.0 Å². The fourth-order valence-corrected chi connectivity index (χ4v) is 2.94. The Morgan fingerprint density at radius 1 is 1.36 bits per heavy atom. The summed E-state index contributed by atoms with van der Waals surface area (Å²) in [5, 5.41) is 5.84. The summed E-state index contributed by atoms with van der Waals surface area (Å²) in [7, 11) is 0. The van der Waals surface area contributed by atoms with Gasteiger partial charge in [0, 0.05) is 30.5 Å². The van der Waals surface area contributed by atoms with E-state index in [1.807, 2.05) is 36.1 Å². The maximum atomic E-state index is 12.4. The van der Waals surface area contributed by atoms with Crippen LogP contribution in [0.25, 0.3) is 0 Å². The van der Waals surface area contributed by atoms with Gasteiger partial charge in [-0.3, -0.25) is 4.79 Å². The lowest BCUT2D eigenvalue weighted by Crippen LogP contribution is -2.45. The molecule has 2 N–H and O–H groups in total. The summed E-state index contributed by atoms with van der Waals surface area (Å²) in [5.41, 5.74) is 0.772. The van der Waals surface area contributed by atoms with E-state index < -0.39 is 0 Å². The maximum Gasteiger partial charge on any atom is 0.321 e. The molecule has 1 fully saturated rings. The third-order valence-electron chi connectivity index (χ3n) is 3.83. The average Bonchev–Trinajstić information content (AvgIpc) is 2.55. The van der Waals surface area contributed by atoms with Crippen LogP contribution < -0.4 is 10.6 Å². The van der Waals surface area contributed by atoms with Crippen molar-refractivity contribution in [3.63, 3.8) is 0 Å². The molecule has 0 unspecified atom stereocenters. The molecule has 6 heteroatoms. The van der Waals surface area contributed by atoms with Crippen molar-refractivity contribution in [3.05, 3.63) is 28.7 Å². The number of halogens is 1. The molecule has 1 heterocycles. The number of urea groups is 1. The Morgan fingerprint density at radius 3 is 2.86 bits per heavy atom. The zero-order valence-corrected chi connectivity index (χ0v) is 14.4. The second-order valence-electron chi connectivity index (χ2n) is 5.52. The molecular weight excluding hydrogens is 346 g/mol. The first-order chi connectivity index (χ1) is 10.6. The van der Waals surface area contributed by atoms with Gasteiger partial charge in [-0.2, -0.15) is 0 Å². The van der Waals surface area contributed by atoms with Crippen LogP contribution in [0.15, 0.2) is 28.7 Å². The minimum Gasteiger partial charge on any atom is -0.356 e. The van der Waals surface area contributed by atoms with Crippen molar-refractivity contribution in [3.8, 4) is 0 Å². The molecule has 1 saturated heterocycles. The molecule has 0 radical (unpaired) electrons. The largest absolute Gasteiger partial charge is 0.356 e. The van der Waals surface area contributed by atoms with Crippen molar-refractivity contribution >= 4 is 33.6 Å². The van der Waals surface area contributed by atoms with E-state index in [2.05, 4.69) is 26.6 Å². The van der Waals surface area contributed by atoms with Gasteiger partial charge in [0.25, 0.3) is 0 Å². The number of carbonyl (C=O) groups is 2. The number of para-hydroxylation sites is 1. The Bertz CT molecular complexity index is 536. The quantitative estimate of drug-likeness (QED) is 0.857. The van der Waals surface area contributed by atoms with Crippen LogP contribution >= 0.6 is 15.9 Å². The molecule has 2 rings (SSSR count). The molecule has 22 heavy (non-hydrogen) atoms. The van der Waals surface area contributed by atoms with E-state index in [0.29, 0.717) is 25.4 Å². The fourth-order valence-electron chi connectivity index (χ4n) is 2.56. The van der Waals surface area contributed by atoms with Gasteiger partial charge in [0.05, 0.1) is 5.69 Å². The maximum absolute atomic E-state index is 12.4. The zero-order chi connectivity index (χ0) is 15.9. The molecule has 3 amide bonds. The van der Waals surface area contributed by atoms with Crippen molar-refractivity contribution in [2.24, 2.45) is 5.92 Å². The monoisotopic (exact) mass is 367 g/mol. The molecule has 0 aliphatic carbocycles. The Hall–Kier alpha value is -1.56. The summed E-state index contributed by atoms with van der Waals surface area (Å²) in [5.74, 6) is 0.393. The lowest BCUT2D eigenvalue weighted by molar-refractivity contribution is -0.121. The molecule has 1 aliphatic rings. The van der Waals surface area contributed by atoms with Crippen molar-refractivity contribution in [1.82, 2.24) is 10.2 Å². The van der Waals surface area contributed by atoms with Crippen LogP contribution in [0, 0.1) is 5.92 Å². The van der Waals surface area contributed by atoms with Gasteiger partial charge in [0.2, 0.25) is 5.91 Å². The van der Waals surface area contributed by atoms with Gasteiger partial charge in [-0.1, -0.05) is 19.1 Å². The van der Waals surface area contributed by atoms with Crippen LogP contribution in [0.4, 0.5) is 10.5 Å². The summed E-state index contributed by atoms with van der Waals surface area (Å²) in [6, 6.07) is 7.48. The summed E-state index contributed by atoms with van der Waals surface area (Å²) < 4.78 is 0.868. The predicted octanol–water partition coefficient (Wildman–Crippen LogP) is 3.22. The molecule has 5 nitrogen and oxygen atoms in total. The number of benzene rings is 1. The van der Waals surface area contributed by atoms with Crippen LogP contribution in [0.3, 0.4) is 0 Å². The molecule has 1 atom stereocenters. The number of rotatable bonds is 4. The van der Waals surface area contributed by atoms with Gasteiger partial charge in [-0.25, -0.2) is 4.79 Å². The van der Waals surface area contributed by atoms with E-state index in [0.717, 1.165) is 29.5 Å². The average molecular weight is 368 g/mol. The summed E-state index contributed by atoms with van der Waals surface area (Å²) in [4.78, 5) is 25.5. The summed E-state index contributed by atoms with van der Waals surface area (Å²) in [6.45, 7) is 3.92. The minimum atomic E-state index is -0.0848. The molecular formula is C16H22BrN3O2. The molecule has 120 valence electrons. The van der Waals surface area contributed by atoms with Crippen molar-refractivity contribution < 1.29 is 9.59 Å². The van der Waals surface area contributed by atoms with Gasteiger partial charge in [0.1, 0.15) is 0 Å². The first-order valence-corrected chi connectivity index (χ1v) is 8.46. The Morgan fingerprint density at radius 2 is 2.14 bits per heavy atom. The lowest BCUT2D eigenvalue weighted by Gasteiger charge is -2.33. The second kappa shape index (κ2) is 8.17. The van der Waals surface area contributed by atoms with Gasteiger partial charge >= 0.3 is 6.03 Å². The van der Waals surface area contributed by atoms with Crippen LogP contribution in [-0.2, 0) is 4.79 Å². The highest BCUT2D eigenvalue weighted by atomic mass is 79.9. The second-order valence-corrected chi connectivity index (χ2v) is 6.38. The SMILES string of the molecule is CCC(=O)NC[C@H]1CCCN(C(=O)Nc2ccccc2Br)C1. The molecule has 0 bridgehead atoms. The number of piperidine rings is 1. The van der Waals surface area contributed by atoms with Crippen LogP contribution in [-0.4, -0.2) is 36.5 Å². The number of carbonyl (C=O) groups excluding carboxylic acids is 2. The number of hydrogen-bond acceptors (Lipinski definition) is 2. The van der Waals surface area contributed by atoms with E-state index in [-0.39, 0.29) is 11.9 Å². The fraction of sp³-hybridized carbons (Fsp3) is 0.500. The topological polar surface area (TPSA) is 61.4 Å². The van der Waals surface area contributed by atoms with Gasteiger partial charge in [0.15, 0.2) is 0 Å². The highest BCUT2D eigenvalue weighted by Gasteiger charge is 2.24. The Labute approximate surface area is 139 Å². The molecule has 0 aromatic heterocycles. The van der Waals surface area contributed by atoms with Gasteiger partial charge in [-0.05, 0) is 46.8 Å². The van der Waals surface area contributed by atoms with Crippen molar-refractivity contribution in [2.45, 2.75) is 26.2 Å². The third-order valence-corrected chi connectivity index (χ3v) is 4.52. The van der Waals surface area contributed by atoms with E-state index >= 15 is 0 Å². The van der Waals surface area contributed by atoms with Gasteiger partial charge < -0.3 is 15.5 Å².